The second-order valence-electron chi connectivity index (χ2n) is 3.31. The third kappa shape index (κ3) is 3.17. The molecule has 0 atom stereocenters. The first-order chi connectivity index (χ1) is 8.19. The van der Waals surface area contributed by atoms with Crippen molar-refractivity contribution in [3.05, 3.63) is 52.4 Å². The summed E-state index contributed by atoms with van der Waals surface area (Å²) in [6.07, 6.45) is 1.60. The Kier molecular flexibility index (Phi) is 3.97. The Labute approximate surface area is 112 Å². The van der Waals surface area contributed by atoms with Crippen LogP contribution in [0.1, 0.15) is 5.56 Å². The molecule has 0 radical (unpaired) electrons. The molecule has 88 valence electrons. The minimum Gasteiger partial charge on any atom is -0.439 e. The average Bonchev–Trinajstić information content (AvgIpc) is 2.28. The number of alkyl halides is 1. The molecule has 17 heavy (non-hydrogen) atoms. The van der Waals surface area contributed by atoms with E-state index in [2.05, 4.69) is 20.9 Å². The lowest BCUT2D eigenvalue weighted by molar-refractivity contribution is 0.453. The van der Waals surface area contributed by atoms with E-state index in [1.165, 1.54) is 12.1 Å². The lowest BCUT2D eigenvalue weighted by Crippen LogP contribution is -1.93. The maximum atomic E-state index is 13.2. The highest BCUT2D eigenvalue weighted by molar-refractivity contribution is 9.10. The summed E-state index contributed by atoms with van der Waals surface area (Å²) in [5, 5.41) is 0. The van der Waals surface area contributed by atoms with Crippen LogP contribution in [-0.2, 0) is 5.88 Å². The molecular formula is C12H8BrClFNO. The maximum Gasteiger partial charge on any atom is 0.223 e. The van der Waals surface area contributed by atoms with Gasteiger partial charge in [0.2, 0.25) is 5.88 Å². The SMILES string of the molecule is Fc1cc(Br)cc(Oc2ncccc2CCl)c1. The molecule has 5 heteroatoms. The van der Waals surface area contributed by atoms with Gasteiger partial charge in [-0.15, -0.1) is 11.6 Å². The molecular weight excluding hydrogens is 308 g/mol. The zero-order valence-corrected chi connectivity index (χ0v) is 11.0. The standard InChI is InChI=1S/C12H8BrClFNO/c13-9-4-10(15)6-11(5-9)17-12-8(7-14)2-1-3-16-12/h1-6H,7H2. The molecule has 0 aliphatic rings. The quantitative estimate of drug-likeness (QED) is 0.777. The Morgan fingerprint density at radius 1 is 1.35 bits per heavy atom. The first-order valence-corrected chi connectivity index (χ1v) is 6.15. The topological polar surface area (TPSA) is 22.1 Å². The zero-order chi connectivity index (χ0) is 12.3. The molecule has 0 amide bonds. The normalized spacial score (nSPS) is 10.3. The molecule has 2 rings (SSSR count). The number of hydrogen-bond donors (Lipinski definition) is 0. The van der Waals surface area contributed by atoms with Gasteiger partial charge >= 0.3 is 0 Å². The number of rotatable bonds is 3. The lowest BCUT2D eigenvalue weighted by atomic mass is 10.3. The zero-order valence-electron chi connectivity index (χ0n) is 8.66. The smallest absolute Gasteiger partial charge is 0.223 e. The molecule has 0 unspecified atom stereocenters. The van der Waals surface area contributed by atoms with E-state index >= 15 is 0 Å². The van der Waals surface area contributed by atoms with Gasteiger partial charge in [-0.05, 0) is 18.2 Å². The molecule has 2 nitrogen and oxygen atoms in total. The molecule has 1 aromatic carbocycles. The van der Waals surface area contributed by atoms with Crippen molar-refractivity contribution in [2.75, 3.05) is 0 Å². The molecule has 0 aliphatic heterocycles. The highest BCUT2D eigenvalue weighted by Crippen LogP contribution is 2.27. The predicted octanol–water partition coefficient (Wildman–Crippen LogP) is 4.51. The van der Waals surface area contributed by atoms with Gasteiger partial charge in [0.15, 0.2) is 0 Å². The number of benzene rings is 1. The molecule has 0 saturated carbocycles. The first kappa shape index (κ1) is 12.3. The van der Waals surface area contributed by atoms with E-state index in [1.807, 2.05) is 6.07 Å². The highest BCUT2D eigenvalue weighted by Gasteiger charge is 2.06. The molecule has 1 heterocycles. The van der Waals surface area contributed by atoms with Gasteiger partial charge in [0.05, 0.1) is 5.88 Å². The van der Waals surface area contributed by atoms with E-state index in [1.54, 1.807) is 18.3 Å². The fourth-order valence-corrected chi connectivity index (χ4v) is 1.96. The van der Waals surface area contributed by atoms with Crippen molar-refractivity contribution in [3.8, 4) is 11.6 Å². The van der Waals surface area contributed by atoms with Crippen molar-refractivity contribution >= 4 is 27.5 Å². The van der Waals surface area contributed by atoms with Crippen LogP contribution in [0, 0.1) is 5.82 Å². The van der Waals surface area contributed by atoms with E-state index in [0.29, 0.717) is 22.0 Å². The maximum absolute atomic E-state index is 13.2. The van der Waals surface area contributed by atoms with Crippen LogP contribution >= 0.6 is 27.5 Å². The average molecular weight is 317 g/mol. The number of pyridine rings is 1. The molecule has 0 aliphatic carbocycles. The Morgan fingerprint density at radius 2 is 2.18 bits per heavy atom. The number of ether oxygens (including phenoxy) is 1. The van der Waals surface area contributed by atoms with Crippen LogP contribution in [0.15, 0.2) is 41.0 Å². The number of nitrogens with zero attached hydrogens (tertiary/aromatic N) is 1. The summed E-state index contributed by atoms with van der Waals surface area (Å²) in [6, 6.07) is 7.89. The van der Waals surface area contributed by atoms with Gasteiger partial charge in [-0.25, -0.2) is 9.37 Å². The Bertz CT molecular complexity index is 515. The van der Waals surface area contributed by atoms with Gasteiger partial charge in [-0.3, -0.25) is 0 Å². The summed E-state index contributed by atoms with van der Waals surface area (Å²) in [5.74, 6) is 0.680. The minimum atomic E-state index is -0.377. The molecule has 1 aromatic heterocycles. The number of halogens is 3. The van der Waals surface area contributed by atoms with Gasteiger partial charge < -0.3 is 4.74 Å². The first-order valence-electron chi connectivity index (χ1n) is 4.83. The van der Waals surface area contributed by atoms with Crippen LogP contribution in [-0.4, -0.2) is 4.98 Å². The predicted molar refractivity (Wildman–Crippen MR) is 68.0 cm³/mol. The van der Waals surface area contributed by atoms with Crippen molar-refractivity contribution in [1.29, 1.82) is 0 Å². The summed E-state index contributed by atoms with van der Waals surface area (Å²) in [6.45, 7) is 0. The number of hydrogen-bond acceptors (Lipinski definition) is 2. The van der Waals surface area contributed by atoms with Crippen molar-refractivity contribution in [2.45, 2.75) is 5.88 Å². The van der Waals surface area contributed by atoms with Crippen molar-refractivity contribution in [3.63, 3.8) is 0 Å². The van der Waals surface area contributed by atoms with Crippen LogP contribution in [0.2, 0.25) is 0 Å². The third-order valence-electron chi connectivity index (χ3n) is 2.04. The van der Waals surface area contributed by atoms with Gasteiger partial charge in [-0.2, -0.15) is 0 Å². The van der Waals surface area contributed by atoms with Crippen LogP contribution in [0.25, 0.3) is 0 Å². The molecule has 2 aromatic rings. The lowest BCUT2D eigenvalue weighted by Gasteiger charge is -2.08. The largest absolute Gasteiger partial charge is 0.439 e. The van der Waals surface area contributed by atoms with Crippen LogP contribution in [0.5, 0.6) is 11.6 Å². The molecule has 0 spiro atoms. The second-order valence-corrected chi connectivity index (χ2v) is 4.49. The van der Waals surface area contributed by atoms with E-state index in [4.69, 9.17) is 16.3 Å². The van der Waals surface area contributed by atoms with E-state index in [0.717, 1.165) is 5.56 Å². The molecule has 0 bridgehead atoms. The van der Waals surface area contributed by atoms with Gasteiger partial charge in [0, 0.05) is 22.3 Å². The van der Waals surface area contributed by atoms with E-state index in [-0.39, 0.29) is 5.82 Å². The molecule has 0 N–H and O–H groups in total. The Balaban J connectivity index is 2.31. The van der Waals surface area contributed by atoms with Gasteiger partial charge in [-0.1, -0.05) is 22.0 Å². The Morgan fingerprint density at radius 3 is 2.88 bits per heavy atom. The van der Waals surface area contributed by atoms with E-state index < -0.39 is 0 Å². The van der Waals surface area contributed by atoms with Crippen LogP contribution in [0.4, 0.5) is 4.39 Å². The fourth-order valence-electron chi connectivity index (χ4n) is 1.32. The van der Waals surface area contributed by atoms with Crippen LogP contribution in [0.3, 0.4) is 0 Å². The number of aromatic nitrogens is 1. The monoisotopic (exact) mass is 315 g/mol. The second kappa shape index (κ2) is 5.47. The summed E-state index contributed by atoms with van der Waals surface area (Å²) in [5.41, 5.74) is 0.759. The van der Waals surface area contributed by atoms with Crippen molar-refractivity contribution in [2.24, 2.45) is 0 Å². The highest BCUT2D eigenvalue weighted by atomic mass is 79.9. The van der Waals surface area contributed by atoms with Crippen molar-refractivity contribution in [1.82, 2.24) is 4.98 Å². The third-order valence-corrected chi connectivity index (χ3v) is 2.79. The summed E-state index contributed by atoms with van der Waals surface area (Å²) < 4.78 is 19.3. The molecule has 0 saturated heterocycles. The van der Waals surface area contributed by atoms with Gasteiger partial charge in [0.25, 0.3) is 0 Å². The van der Waals surface area contributed by atoms with Crippen molar-refractivity contribution < 1.29 is 9.13 Å². The Hall–Kier alpha value is -1.13. The van der Waals surface area contributed by atoms with E-state index in [9.17, 15) is 4.39 Å². The fraction of sp³-hybridized carbons (Fsp3) is 0.0833. The summed E-state index contributed by atoms with van der Waals surface area (Å²) in [4.78, 5) is 4.06. The summed E-state index contributed by atoms with van der Waals surface area (Å²) in [7, 11) is 0. The van der Waals surface area contributed by atoms with Gasteiger partial charge in [0.1, 0.15) is 11.6 Å². The molecule has 0 fully saturated rings. The van der Waals surface area contributed by atoms with Crippen LogP contribution < -0.4 is 4.74 Å². The minimum absolute atomic E-state index is 0.291. The summed E-state index contributed by atoms with van der Waals surface area (Å²) >= 11 is 8.95.